The van der Waals surface area contributed by atoms with Gasteiger partial charge in [0.25, 0.3) is 0 Å². The minimum absolute atomic E-state index is 0.256. The van der Waals surface area contributed by atoms with E-state index in [1.807, 2.05) is 25.1 Å². The number of rotatable bonds is 3. The number of aryl methyl sites for hydroxylation is 1. The second-order valence-corrected chi connectivity index (χ2v) is 5.40. The van der Waals surface area contributed by atoms with E-state index in [-0.39, 0.29) is 5.82 Å². The Morgan fingerprint density at radius 1 is 1.22 bits per heavy atom. The maximum atomic E-state index is 13.5. The van der Waals surface area contributed by atoms with E-state index in [9.17, 15) is 4.39 Å². The van der Waals surface area contributed by atoms with Gasteiger partial charge in [-0.05, 0) is 42.3 Å². The highest BCUT2D eigenvalue weighted by Gasteiger charge is 2.04. The summed E-state index contributed by atoms with van der Waals surface area (Å²) in [6.45, 7) is 2.42. The summed E-state index contributed by atoms with van der Waals surface area (Å²) < 4.78 is 14.5. The van der Waals surface area contributed by atoms with Crippen molar-refractivity contribution in [3.8, 4) is 0 Å². The SMILES string of the molecule is Cc1ccc(F)c(NCc2ccc(Br)cc2Cl)c1. The first-order valence-electron chi connectivity index (χ1n) is 5.50. The van der Waals surface area contributed by atoms with E-state index < -0.39 is 0 Å². The fraction of sp³-hybridized carbons (Fsp3) is 0.143. The van der Waals surface area contributed by atoms with Crippen LogP contribution in [0.2, 0.25) is 5.02 Å². The average molecular weight is 329 g/mol. The summed E-state index contributed by atoms with van der Waals surface area (Å²) in [5, 5.41) is 3.71. The molecule has 94 valence electrons. The minimum atomic E-state index is -0.256. The van der Waals surface area contributed by atoms with E-state index in [4.69, 9.17) is 11.6 Å². The summed E-state index contributed by atoms with van der Waals surface area (Å²) in [6.07, 6.45) is 0. The van der Waals surface area contributed by atoms with Gasteiger partial charge in [-0.1, -0.05) is 39.7 Å². The molecule has 1 nitrogen and oxygen atoms in total. The van der Waals surface area contributed by atoms with Crippen molar-refractivity contribution in [2.75, 3.05) is 5.32 Å². The highest BCUT2D eigenvalue weighted by Crippen LogP contribution is 2.23. The van der Waals surface area contributed by atoms with Crippen molar-refractivity contribution in [2.24, 2.45) is 0 Å². The first kappa shape index (κ1) is 13.4. The molecule has 4 heteroatoms. The lowest BCUT2D eigenvalue weighted by molar-refractivity contribution is 0.629. The van der Waals surface area contributed by atoms with Crippen LogP contribution < -0.4 is 5.32 Å². The van der Waals surface area contributed by atoms with Crippen LogP contribution in [-0.2, 0) is 6.54 Å². The molecule has 0 amide bonds. The van der Waals surface area contributed by atoms with Gasteiger partial charge in [0.2, 0.25) is 0 Å². The van der Waals surface area contributed by atoms with Gasteiger partial charge in [-0.25, -0.2) is 4.39 Å². The molecule has 0 radical (unpaired) electrons. The smallest absolute Gasteiger partial charge is 0.146 e. The highest BCUT2D eigenvalue weighted by atomic mass is 79.9. The van der Waals surface area contributed by atoms with Gasteiger partial charge < -0.3 is 5.32 Å². The lowest BCUT2D eigenvalue weighted by atomic mass is 10.2. The van der Waals surface area contributed by atoms with Crippen LogP contribution in [-0.4, -0.2) is 0 Å². The van der Waals surface area contributed by atoms with Crippen LogP contribution in [0, 0.1) is 12.7 Å². The number of hydrogen-bond acceptors (Lipinski definition) is 1. The van der Waals surface area contributed by atoms with E-state index >= 15 is 0 Å². The molecule has 0 fully saturated rings. The molecule has 0 aliphatic heterocycles. The predicted molar refractivity (Wildman–Crippen MR) is 77.6 cm³/mol. The Hall–Kier alpha value is -1.06. The van der Waals surface area contributed by atoms with Gasteiger partial charge in [0.15, 0.2) is 0 Å². The van der Waals surface area contributed by atoms with Gasteiger partial charge in [0.05, 0.1) is 5.69 Å². The molecule has 0 atom stereocenters. The Balaban J connectivity index is 2.13. The zero-order chi connectivity index (χ0) is 13.1. The molecule has 0 saturated carbocycles. The van der Waals surface area contributed by atoms with Gasteiger partial charge in [0, 0.05) is 16.0 Å². The molecule has 0 bridgehead atoms. The van der Waals surface area contributed by atoms with Crippen LogP contribution in [0.1, 0.15) is 11.1 Å². The first-order valence-corrected chi connectivity index (χ1v) is 6.67. The lowest BCUT2D eigenvalue weighted by Crippen LogP contribution is -2.02. The van der Waals surface area contributed by atoms with Crippen molar-refractivity contribution < 1.29 is 4.39 Å². The molecule has 2 aromatic carbocycles. The van der Waals surface area contributed by atoms with E-state index in [0.717, 1.165) is 15.6 Å². The van der Waals surface area contributed by atoms with Crippen LogP contribution in [0.4, 0.5) is 10.1 Å². The Bertz CT molecular complexity index is 572. The van der Waals surface area contributed by atoms with E-state index in [1.54, 1.807) is 12.1 Å². The summed E-state index contributed by atoms with van der Waals surface area (Å²) >= 11 is 9.45. The van der Waals surface area contributed by atoms with E-state index in [2.05, 4.69) is 21.2 Å². The largest absolute Gasteiger partial charge is 0.379 e. The predicted octanol–water partition coefficient (Wildman–Crippen LogP) is 5.16. The van der Waals surface area contributed by atoms with Crippen LogP contribution in [0.15, 0.2) is 40.9 Å². The van der Waals surface area contributed by atoms with Crippen molar-refractivity contribution >= 4 is 33.2 Å². The Kier molecular flexibility index (Phi) is 4.25. The minimum Gasteiger partial charge on any atom is -0.379 e. The maximum Gasteiger partial charge on any atom is 0.146 e. The normalized spacial score (nSPS) is 10.4. The molecule has 0 aliphatic carbocycles. The third kappa shape index (κ3) is 3.24. The number of halogens is 3. The van der Waals surface area contributed by atoms with Crippen LogP contribution in [0.3, 0.4) is 0 Å². The molecule has 0 unspecified atom stereocenters. The Labute approximate surface area is 119 Å². The monoisotopic (exact) mass is 327 g/mol. The van der Waals surface area contributed by atoms with Crippen molar-refractivity contribution in [3.63, 3.8) is 0 Å². The van der Waals surface area contributed by atoms with Gasteiger partial charge in [-0.15, -0.1) is 0 Å². The average Bonchev–Trinajstić information content (AvgIpc) is 2.32. The molecule has 0 saturated heterocycles. The van der Waals surface area contributed by atoms with Crippen molar-refractivity contribution in [3.05, 3.63) is 62.8 Å². The van der Waals surface area contributed by atoms with Gasteiger partial charge in [-0.3, -0.25) is 0 Å². The van der Waals surface area contributed by atoms with Crippen LogP contribution in [0.5, 0.6) is 0 Å². The van der Waals surface area contributed by atoms with Gasteiger partial charge in [-0.2, -0.15) is 0 Å². The Morgan fingerprint density at radius 2 is 2.00 bits per heavy atom. The number of benzene rings is 2. The molecule has 18 heavy (non-hydrogen) atoms. The highest BCUT2D eigenvalue weighted by molar-refractivity contribution is 9.10. The van der Waals surface area contributed by atoms with E-state index in [1.165, 1.54) is 6.07 Å². The summed E-state index contributed by atoms with van der Waals surface area (Å²) in [5.74, 6) is -0.256. The quantitative estimate of drug-likeness (QED) is 0.820. The van der Waals surface area contributed by atoms with Gasteiger partial charge in [0.1, 0.15) is 5.82 Å². The molecule has 1 N–H and O–H groups in total. The molecular weight excluding hydrogens is 317 g/mol. The summed E-state index contributed by atoms with van der Waals surface area (Å²) in [7, 11) is 0. The molecule has 0 aliphatic rings. The fourth-order valence-electron chi connectivity index (χ4n) is 1.63. The molecule has 2 aromatic rings. The van der Waals surface area contributed by atoms with E-state index in [0.29, 0.717) is 17.3 Å². The first-order chi connectivity index (χ1) is 8.56. The molecule has 0 spiro atoms. The van der Waals surface area contributed by atoms with Crippen molar-refractivity contribution in [1.29, 1.82) is 0 Å². The number of nitrogens with one attached hydrogen (secondary N) is 1. The second-order valence-electron chi connectivity index (χ2n) is 4.07. The van der Waals surface area contributed by atoms with Crippen molar-refractivity contribution in [2.45, 2.75) is 13.5 Å². The third-order valence-corrected chi connectivity index (χ3v) is 3.45. The second kappa shape index (κ2) is 5.72. The number of anilines is 1. The van der Waals surface area contributed by atoms with Crippen molar-refractivity contribution in [1.82, 2.24) is 0 Å². The van der Waals surface area contributed by atoms with Gasteiger partial charge >= 0.3 is 0 Å². The molecule has 0 aromatic heterocycles. The molecule has 0 heterocycles. The number of hydrogen-bond donors (Lipinski definition) is 1. The zero-order valence-corrected chi connectivity index (χ0v) is 12.1. The molecular formula is C14H12BrClFN. The summed E-state index contributed by atoms with van der Waals surface area (Å²) in [4.78, 5) is 0. The summed E-state index contributed by atoms with van der Waals surface area (Å²) in [6, 6.07) is 10.6. The van der Waals surface area contributed by atoms with Crippen LogP contribution in [0.25, 0.3) is 0 Å². The fourth-order valence-corrected chi connectivity index (χ4v) is 2.37. The standard InChI is InChI=1S/C14H12BrClFN/c1-9-2-5-13(17)14(6-9)18-8-10-3-4-11(15)7-12(10)16/h2-7,18H,8H2,1H3. The molecule has 2 rings (SSSR count). The topological polar surface area (TPSA) is 12.0 Å². The maximum absolute atomic E-state index is 13.5. The summed E-state index contributed by atoms with van der Waals surface area (Å²) in [5.41, 5.74) is 2.44. The third-order valence-electron chi connectivity index (χ3n) is 2.61. The zero-order valence-electron chi connectivity index (χ0n) is 9.81. The lowest BCUT2D eigenvalue weighted by Gasteiger charge is -2.10. The van der Waals surface area contributed by atoms with Crippen LogP contribution >= 0.6 is 27.5 Å². The Morgan fingerprint density at radius 3 is 2.72 bits per heavy atom.